The maximum atomic E-state index is 13.2. The van der Waals surface area contributed by atoms with Crippen LogP contribution in [0.25, 0.3) is 0 Å². The quantitative estimate of drug-likeness (QED) is 0.0322. The SMILES string of the molecule is CC/C=C/C=C/C=C/C=C\CCCCCCCC(=O)OC(CCCCCCCCCCCCCCC)CC(=O)NC(CO)C(O)CCCCCCCCCCCCCCCC. The lowest BCUT2D eigenvalue weighted by Crippen LogP contribution is -2.46. The molecule has 0 aliphatic carbocycles. The van der Waals surface area contributed by atoms with Crippen LogP contribution in [0.4, 0.5) is 0 Å². The molecule has 0 saturated carbocycles. The number of allylic oxidation sites excluding steroid dienone is 8. The van der Waals surface area contributed by atoms with Crippen molar-refractivity contribution in [3.05, 3.63) is 48.6 Å². The Morgan fingerprint density at radius 2 is 0.885 bits per heavy atom. The summed E-state index contributed by atoms with van der Waals surface area (Å²) in [6.45, 7) is 6.36. The Hall–Kier alpha value is -2.18. The zero-order valence-corrected chi connectivity index (χ0v) is 40.5. The van der Waals surface area contributed by atoms with Crippen LogP contribution in [0.3, 0.4) is 0 Å². The van der Waals surface area contributed by atoms with Gasteiger partial charge in [0.25, 0.3) is 0 Å². The molecule has 0 aliphatic heterocycles. The van der Waals surface area contributed by atoms with Gasteiger partial charge < -0.3 is 20.3 Å². The van der Waals surface area contributed by atoms with Crippen LogP contribution in [0.15, 0.2) is 48.6 Å². The van der Waals surface area contributed by atoms with Crippen LogP contribution in [0, 0.1) is 0 Å². The topological polar surface area (TPSA) is 95.9 Å². The fourth-order valence-electron chi connectivity index (χ4n) is 8.03. The molecule has 0 rings (SSSR count). The van der Waals surface area contributed by atoms with E-state index in [4.69, 9.17) is 4.74 Å². The number of aliphatic hydroxyl groups is 2. The molecule has 0 aliphatic rings. The average Bonchev–Trinajstić information content (AvgIpc) is 3.25. The maximum Gasteiger partial charge on any atom is 0.306 e. The summed E-state index contributed by atoms with van der Waals surface area (Å²) in [6.07, 6.45) is 58.8. The van der Waals surface area contributed by atoms with E-state index in [1.807, 2.05) is 18.2 Å². The van der Waals surface area contributed by atoms with E-state index in [9.17, 15) is 19.8 Å². The number of aliphatic hydroxyl groups excluding tert-OH is 2. The first kappa shape index (κ1) is 58.8. The predicted molar refractivity (Wildman–Crippen MR) is 264 cm³/mol. The molecule has 0 aromatic carbocycles. The summed E-state index contributed by atoms with van der Waals surface area (Å²) in [7, 11) is 0. The van der Waals surface area contributed by atoms with Gasteiger partial charge >= 0.3 is 5.97 Å². The molecule has 3 unspecified atom stereocenters. The molecule has 0 spiro atoms. The van der Waals surface area contributed by atoms with Gasteiger partial charge in [0.1, 0.15) is 6.10 Å². The third-order valence-corrected chi connectivity index (χ3v) is 12.0. The number of unbranched alkanes of at least 4 members (excludes halogenated alkanes) is 30. The molecule has 356 valence electrons. The molecule has 0 aromatic heterocycles. The van der Waals surface area contributed by atoms with Gasteiger partial charge in [-0.3, -0.25) is 9.59 Å². The summed E-state index contributed by atoms with van der Waals surface area (Å²) in [5, 5.41) is 23.8. The summed E-state index contributed by atoms with van der Waals surface area (Å²) in [6, 6.07) is -0.704. The van der Waals surface area contributed by atoms with Crippen molar-refractivity contribution in [3.8, 4) is 0 Å². The number of esters is 1. The molecular formula is C55H101NO5. The van der Waals surface area contributed by atoms with E-state index < -0.39 is 18.2 Å². The van der Waals surface area contributed by atoms with E-state index in [1.165, 1.54) is 141 Å². The monoisotopic (exact) mass is 856 g/mol. The number of carbonyl (C=O) groups excluding carboxylic acids is 2. The molecule has 0 aromatic rings. The fourth-order valence-corrected chi connectivity index (χ4v) is 8.03. The Kier molecular flexibility index (Phi) is 47.1. The molecular weight excluding hydrogens is 755 g/mol. The second-order valence-electron chi connectivity index (χ2n) is 18.0. The minimum atomic E-state index is -0.790. The predicted octanol–water partition coefficient (Wildman–Crippen LogP) is 15.8. The molecule has 1 amide bonds. The third-order valence-electron chi connectivity index (χ3n) is 12.0. The van der Waals surface area contributed by atoms with Crippen molar-refractivity contribution in [2.75, 3.05) is 6.61 Å². The van der Waals surface area contributed by atoms with Crippen LogP contribution in [-0.4, -0.2) is 46.9 Å². The van der Waals surface area contributed by atoms with Crippen molar-refractivity contribution in [1.29, 1.82) is 0 Å². The van der Waals surface area contributed by atoms with E-state index in [1.54, 1.807) is 0 Å². The van der Waals surface area contributed by atoms with E-state index in [2.05, 4.69) is 56.5 Å². The minimum absolute atomic E-state index is 0.0704. The Labute approximate surface area is 378 Å². The number of rotatable bonds is 47. The van der Waals surface area contributed by atoms with Crippen molar-refractivity contribution in [1.82, 2.24) is 5.32 Å². The molecule has 6 heteroatoms. The fraction of sp³-hybridized carbons (Fsp3) is 0.818. The minimum Gasteiger partial charge on any atom is -0.462 e. The summed E-state index contributed by atoms with van der Waals surface area (Å²) < 4.78 is 5.93. The zero-order valence-electron chi connectivity index (χ0n) is 40.5. The van der Waals surface area contributed by atoms with Gasteiger partial charge in [-0.1, -0.05) is 256 Å². The summed E-state index contributed by atoms with van der Waals surface area (Å²) in [5.74, 6) is -0.491. The van der Waals surface area contributed by atoms with Gasteiger partial charge in [-0.05, 0) is 44.9 Å². The number of ether oxygens (including phenoxy) is 1. The first-order chi connectivity index (χ1) is 30.0. The van der Waals surface area contributed by atoms with Gasteiger partial charge in [0.15, 0.2) is 0 Å². The number of hydrogen-bond donors (Lipinski definition) is 3. The lowest BCUT2D eigenvalue weighted by atomic mass is 10.0. The molecule has 61 heavy (non-hydrogen) atoms. The van der Waals surface area contributed by atoms with Crippen LogP contribution < -0.4 is 5.32 Å². The van der Waals surface area contributed by atoms with Crippen LogP contribution in [0.1, 0.15) is 265 Å². The highest BCUT2D eigenvalue weighted by atomic mass is 16.5. The lowest BCUT2D eigenvalue weighted by Gasteiger charge is -2.24. The lowest BCUT2D eigenvalue weighted by molar-refractivity contribution is -0.151. The van der Waals surface area contributed by atoms with Crippen LogP contribution >= 0.6 is 0 Å². The van der Waals surface area contributed by atoms with Gasteiger partial charge in [-0.25, -0.2) is 0 Å². The van der Waals surface area contributed by atoms with Gasteiger partial charge in [0.2, 0.25) is 5.91 Å². The summed E-state index contributed by atoms with van der Waals surface area (Å²) in [5.41, 5.74) is 0. The van der Waals surface area contributed by atoms with Crippen LogP contribution in [-0.2, 0) is 14.3 Å². The molecule has 6 nitrogen and oxygen atoms in total. The highest BCUT2D eigenvalue weighted by molar-refractivity contribution is 5.77. The highest BCUT2D eigenvalue weighted by Gasteiger charge is 2.24. The maximum absolute atomic E-state index is 13.2. The number of nitrogens with one attached hydrogen (secondary N) is 1. The van der Waals surface area contributed by atoms with Crippen molar-refractivity contribution in [2.24, 2.45) is 0 Å². The standard InChI is InChI=1S/C55H101NO5/c1-4-7-10-13-16-19-22-25-27-30-33-36-39-42-45-48-55(60)61-51(46-43-40-37-34-31-28-24-21-18-15-12-9-6-3)49-54(59)56-52(50-57)53(58)47-44-41-38-35-32-29-26-23-20-17-14-11-8-5-2/h7,10,13,16,19,22,25,27,51-53,57-58H,4-6,8-9,11-12,14-15,17-18,20-21,23-24,26,28-50H2,1-3H3,(H,56,59)/b10-7+,16-13+,22-19+,27-25-. The molecule has 3 atom stereocenters. The molecule has 0 heterocycles. The van der Waals surface area contributed by atoms with Gasteiger partial charge in [-0.15, -0.1) is 0 Å². The summed E-state index contributed by atoms with van der Waals surface area (Å²) in [4.78, 5) is 26.2. The molecule has 0 fully saturated rings. The first-order valence-electron chi connectivity index (χ1n) is 26.4. The Morgan fingerprint density at radius 1 is 0.492 bits per heavy atom. The van der Waals surface area contributed by atoms with E-state index in [0.717, 1.165) is 77.0 Å². The van der Waals surface area contributed by atoms with Gasteiger partial charge in [0, 0.05) is 6.42 Å². The molecule has 0 bridgehead atoms. The van der Waals surface area contributed by atoms with Crippen molar-refractivity contribution in [3.63, 3.8) is 0 Å². The van der Waals surface area contributed by atoms with E-state index in [-0.39, 0.29) is 24.9 Å². The molecule has 0 radical (unpaired) electrons. The number of amides is 1. The van der Waals surface area contributed by atoms with Gasteiger partial charge in [0.05, 0.1) is 25.2 Å². The van der Waals surface area contributed by atoms with Crippen molar-refractivity contribution < 1.29 is 24.5 Å². The number of carbonyl (C=O) groups is 2. The average molecular weight is 856 g/mol. The van der Waals surface area contributed by atoms with Crippen LogP contribution in [0.2, 0.25) is 0 Å². The molecule has 3 N–H and O–H groups in total. The molecule has 0 saturated heterocycles. The van der Waals surface area contributed by atoms with Crippen LogP contribution in [0.5, 0.6) is 0 Å². The normalized spacial score (nSPS) is 13.6. The van der Waals surface area contributed by atoms with Gasteiger partial charge in [-0.2, -0.15) is 0 Å². The highest BCUT2D eigenvalue weighted by Crippen LogP contribution is 2.18. The second kappa shape index (κ2) is 48.8. The van der Waals surface area contributed by atoms with E-state index >= 15 is 0 Å². The smallest absolute Gasteiger partial charge is 0.306 e. The second-order valence-corrected chi connectivity index (χ2v) is 18.0. The largest absolute Gasteiger partial charge is 0.462 e. The summed E-state index contributed by atoms with van der Waals surface area (Å²) >= 11 is 0. The van der Waals surface area contributed by atoms with Crippen molar-refractivity contribution in [2.45, 2.75) is 283 Å². The zero-order chi connectivity index (χ0) is 44.5. The Morgan fingerprint density at radius 3 is 1.34 bits per heavy atom. The Bertz CT molecular complexity index is 1050. The van der Waals surface area contributed by atoms with Crippen molar-refractivity contribution >= 4 is 11.9 Å². The number of hydrogen-bond acceptors (Lipinski definition) is 5. The third kappa shape index (κ3) is 44.2. The van der Waals surface area contributed by atoms with E-state index in [0.29, 0.717) is 19.3 Å². The Balaban J connectivity index is 4.58. The first-order valence-corrected chi connectivity index (χ1v) is 26.4.